The number of rotatable bonds is 5. The number of pyridine rings is 1. The Hall–Kier alpha value is -2.73. The molecule has 0 N–H and O–H groups in total. The average Bonchev–Trinajstić information content (AvgIpc) is 3.16. The number of hydrogen-bond donors (Lipinski definition) is 0. The van der Waals surface area contributed by atoms with Crippen molar-refractivity contribution in [1.82, 2.24) is 19.5 Å². The number of carbonyl (C=O) groups excluding carboxylic acids is 1. The molecule has 1 aromatic carbocycles. The number of fused-ring (bicyclic) bond motifs is 1. The third-order valence-electron chi connectivity index (χ3n) is 5.25. The molecule has 1 amide bonds. The lowest BCUT2D eigenvalue weighted by atomic mass is 9.98. The number of hydrogen-bond acceptors (Lipinski definition) is 4. The lowest BCUT2D eigenvalue weighted by molar-refractivity contribution is 0.0553. The number of aromatic nitrogens is 3. The molecular formula is C21H24N4O2. The van der Waals surface area contributed by atoms with Gasteiger partial charge in [-0.2, -0.15) is 0 Å². The highest BCUT2D eigenvalue weighted by atomic mass is 16.5. The van der Waals surface area contributed by atoms with E-state index in [-0.39, 0.29) is 11.9 Å². The van der Waals surface area contributed by atoms with Gasteiger partial charge in [-0.1, -0.05) is 18.2 Å². The van der Waals surface area contributed by atoms with E-state index >= 15 is 0 Å². The highest BCUT2D eigenvalue weighted by molar-refractivity contribution is 5.95. The number of nitrogens with zero attached hydrogens (tertiary/aromatic N) is 4. The van der Waals surface area contributed by atoms with Gasteiger partial charge in [0.2, 0.25) is 0 Å². The first kappa shape index (κ1) is 17.7. The van der Waals surface area contributed by atoms with Gasteiger partial charge >= 0.3 is 0 Å². The minimum absolute atomic E-state index is 0.105. The molecule has 6 heteroatoms. The Balaban J connectivity index is 1.55. The maximum atomic E-state index is 13.0. The molecule has 1 atom stereocenters. The van der Waals surface area contributed by atoms with Crippen LogP contribution in [0.4, 0.5) is 0 Å². The zero-order valence-corrected chi connectivity index (χ0v) is 15.5. The highest BCUT2D eigenvalue weighted by Crippen LogP contribution is 2.24. The second-order valence-corrected chi connectivity index (χ2v) is 6.96. The second-order valence-electron chi connectivity index (χ2n) is 6.96. The molecule has 0 radical (unpaired) electrons. The van der Waals surface area contributed by atoms with Crippen molar-refractivity contribution < 1.29 is 9.53 Å². The fourth-order valence-corrected chi connectivity index (χ4v) is 3.79. The Bertz CT molecular complexity index is 919. The molecule has 0 aliphatic carbocycles. The maximum Gasteiger partial charge on any atom is 0.254 e. The van der Waals surface area contributed by atoms with Crippen LogP contribution in [0.15, 0.2) is 48.7 Å². The average molecular weight is 364 g/mol. The fraction of sp³-hybridized carbons (Fsp3) is 0.381. The van der Waals surface area contributed by atoms with Crippen molar-refractivity contribution in [1.29, 1.82) is 0 Å². The lowest BCUT2D eigenvalue weighted by Crippen LogP contribution is -2.44. The topological polar surface area (TPSA) is 59.7 Å². The summed E-state index contributed by atoms with van der Waals surface area (Å²) >= 11 is 0. The molecule has 1 fully saturated rings. The van der Waals surface area contributed by atoms with E-state index in [0.717, 1.165) is 48.4 Å². The number of piperidine rings is 1. The van der Waals surface area contributed by atoms with Crippen LogP contribution in [0.3, 0.4) is 0 Å². The third kappa shape index (κ3) is 3.57. The molecule has 4 rings (SSSR count). The van der Waals surface area contributed by atoms with Crippen molar-refractivity contribution in [2.45, 2.75) is 31.7 Å². The van der Waals surface area contributed by atoms with Gasteiger partial charge < -0.3 is 9.64 Å². The Morgan fingerprint density at radius 1 is 1.15 bits per heavy atom. The predicted octanol–water partition coefficient (Wildman–Crippen LogP) is 3.43. The molecule has 0 saturated carbocycles. The van der Waals surface area contributed by atoms with Crippen LogP contribution in [0.2, 0.25) is 0 Å². The molecule has 1 saturated heterocycles. The summed E-state index contributed by atoms with van der Waals surface area (Å²) in [7, 11) is 1.71. The van der Waals surface area contributed by atoms with Crippen molar-refractivity contribution >= 4 is 11.6 Å². The van der Waals surface area contributed by atoms with E-state index in [4.69, 9.17) is 4.74 Å². The molecule has 0 spiro atoms. The first-order chi connectivity index (χ1) is 13.3. The quantitative estimate of drug-likeness (QED) is 0.696. The van der Waals surface area contributed by atoms with E-state index in [1.54, 1.807) is 7.11 Å². The normalized spacial score (nSPS) is 17.4. The second kappa shape index (κ2) is 7.88. The fourth-order valence-electron chi connectivity index (χ4n) is 3.79. The van der Waals surface area contributed by atoms with Crippen molar-refractivity contribution in [3.63, 3.8) is 0 Å². The zero-order valence-electron chi connectivity index (χ0n) is 15.5. The van der Waals surface area contributed by atoms with Crippen molar-refractivity contribution in [2.75, 3.05) is 20.3 Å². The molecule has 3 aromatic rings. The van der Waals surface area contributed by atoms with E-state index < -0.39 is 0 Å². The summed E-state index contributed by atoms with van der Waals surface area (Å²) in [5, 5.41) is 8.47. The van der Waals surface area contributed by atoms with Crippen LogP contribution in [0.1, 0.15) is 36.0 Å². The highest BCUT2D eigenvalue weighted by Gasteiger charge is 2.27. The SMILES string of the molecule is COCCC1CCCCN1C(=O)c1ccc(-c2nnc3ccccn23)cc1. The van der Waals surface area contributed by atoms with Gasteiger partial charge in [-0.05, 0) is 49.9 Å². The van der Waals surface area contributed by atoms with Gasteiger partial charge in [0.15, 0.2) is 11.5 Å². The van der Waals surface area contributed by atoms with Crippen molar-refractivity contribution in [2.24, 2.45) is 0 Å². The molecule has 1 aliphatic heterocycles. The summed E-state index contributed by atoms with van der Waals surface area (Å²) in [6, 6.07) is 13.8. The van der Waals surface area contributed by atoms with E-state index in [1.807, 2.05) is 58.0 Å². The van der Waals surface area contributed by atoms with Gasteiger partial charge in [0, 0.05) is 43.6 Å². The summed E-state index contributed by atoms with van der Waals surface area (Å²) in [5.41, 5.74) is 2.47. The van der Waals surface area contributed by atoms with Gasteiger partial charge in [0.25, 0.3) is 5.91 Å². The van der Waals surface area contributed by atoms with E-state index in [2.05, 4.69) is 10.2 Å². The zero-order chi connectivity index (χ0) is 18.6. The molecule has 2 aromatic heterocycles. The van der Waals surface area contributed by atoms with Gasteiger partial charge in [-0.25, -0.2) is 0 Å². The molecular weight excluding hydrogens is 340 g/mol. The molecule has 3 heterocycles. The van der Waals surface area contributed by atoms with Crippen LogP contribution in [0.5, 0.6) is 0 Å². The molecule has 1 unspecified atom stereocenters. The van der Waals surface area contributed by atoms with Crippen LogP contribution >= 0.6 is 0 Å². The standard InChI is InChI=1S/C21H24N4O2/c1-27-15-12-18-6-2-4-13-24(18)21(26)17-10-8-16(9-11-17)20-23-22-19-7-3-5-14-25(19)20/h3,5,7-11,14,18H,2,4,6,12-13,15H2,1H3. The largest absolute Gasteiger partial charge is 0.385 e. The molecule has 1 aliphatic rings. The van der Waals surface area contributed by atoms with E-state index in [9.17, 15) is 4.79 Å². The van der Waals surface area contributed by atoms with E-state index in [1.165, 1.54) is 6.42 Å². The number of benzene rings is 1. The van der Waals surface area contributed by atoms with Crippen LogP contribution in [0.25, 0.3) is 17.0 Å². The van der Waals surface area contributed by atoms with E-state index in [0.29, 0.717) is 6.61 Å². The Labute approximate surface area is 158 Å². The monoisotopic (exact) mass is 364 g/mol. The maximum absolute atomic E-state index is 13.0. The van der Waals surface area contributed by atoms with Gasteiger partial charge in [-0.3, -0.25) is 9.20 Å². The third-order valence-corrected chi connectivity index (χ3v) is 5.25. The molecule has 27 heavy (non-hydrogen) atoms. The van der Waals surface area contributed by atoms with Crippen molar-refractivity contribution in [3.8, 4) is 11.4 Å². The summed E-state index contributed by atoms with van der Waals surface area (Å²) in [6.07, 6.45) is 6.14. The minimum Gasteiger partial charge on any atom is -0.385 e. The number of carbonyl (C=O) groups is 1. The number of ether oxygens (including phenoxy) is 1. The molecule has 0 bridgehead atoms. The molecule has 6 nitrogen and oxygen atoms in total. The summed E-state index contributed by atoms with van der Waals surface area (Å²) in [5.74, 6) is 0.883. The minimum atomic E-state index is 0.105. The summed E-state index contributed by atoms with van der Waals surface area (Å²) in [4.78, 5) is 15.1. The Kier molecular flexibility index (Phi) is 5.16. The van der Waals surface area contributed by atoms with Crippen LogP contribution in [-0.2, 0) is 4.74 Å². The van der Waals surface area contributed by atoms with Crippen LogP contribution in [0, 0.1) is 0 Å². The van der Waals surface area contributed by atoms with Crippen LogP contribution < -0.4 is 0 Å². The Morgan fingerprint density at radius 3 is 2.81 bits per heavy atom. The Morgan fingerprint density at radius 2 is 2.00 bits per heavy atom. The first-order valence-corrected chi connectivity index (χ1v) is 9.48. The molecule has 140 valence electrons. The number of amides is 1. The predicted molar refractivity (Wildman–Crippen MR) is 104 cm³/mol. The summed E-state index contributed by atoms with van der Waals surface area (Å²) < 4.78 is 7.16. The number of methoxy groups -OCH3 is 1. The van der Waals surface area contributed by atoms with Gasteiger partial charge in [-0.15, -0.1) is 10.2 Å². The summed E-state index contributed by atoms with van der Waals surface area (Å²) in [6.45, 7) is 1.51. The first-order valence-electron chi connectivity index (χ1n) is 9.48. The number of likely N-dealkylation sites (tertiary alicyclic amines) is 1. The van der Waals surface area contributed by atoms with Gasteiger partial charge in [0.1, 0.15) is 0 Å². The van der Waals surface area contributed by atoms with Gasteiger partial charge in [0.05, 0.1) is 0 Å². The van der Waals surface area contributed by atoms with Crippen LogP contribution in [-0.4, -0.2) is 51.7 Å². The smallest absolute Gasteiger partial charge is 0.254 e. The lowest BCUT2D eigenvalue weighted by Gasteiger charge is -2.36. The van der Waals surface area contributed by atoms with Crippen molar-refractivity contribution in [3.05, 3.63) is 54.2 Å².